The average Bonchev–Trinajstić information content (AvgIpc) is 3.03. The first-order valence-electron chi connectivity index (χ1n) is 16.1. The van der Waals surface area contributed by atoms with Crippen LogP contribution < -0.4 is 19.7 Å². The molecule has 47 heavy (non-hydrogen) atoms. The molecule has 1 aliphatic heterocycles. The van der Waals surface area contributed by atoms with Crippen LogP contribution in [-0.2, 0) is 32.9 Å². The van der Waals surface area contributed by atoms with Crippen LogP contribution in [-0.4, -0.2) is 104 Å². The van der Waals surface area contributed by atoms with Crippen LogP contribution in [0.25, 0.3) is 0 Å². The quantitative estimate of drug-likeness (QED) is 0.289. The van der Waals surface area contributed by atoms with Gasteiger partial charge in [0.1, 0.15) is 5.75 Å². The molecule has 2 aromatic carbocycles. The molecular formula is C33H51N5O7S2. The average molecular weight is 694 g/mol. The minimum absolute atomic E-state index is 0.0200. The molecule has 2 aromatic rings. The van der Waals surface area contributed by atoms with Gasteiger partial charge < -0.3 is 19.9 Å². The van der Waals surface area contributed by atoms with Gasteiger partial charge >= 0.3 is 16.2 Å². The molecule has 1 fully saturated rings. The van der Waals surface area contributed by atoms with Crippen molar-refractivity contribution >= 4 is 37.7 Å². The topological polar surface area (TPSA) is 145 Å². The Morgan fingerprint density at radius 1 is 1.02 bits per heavy atom. The zero-order chi connectivity index (χ0) is 34.9. The lowest BCUT2D eigenvalue weighted by Gasteiger charge is -2.31. The van der Waals surface area contributed by atoms with Gasteiger partial charge in [0.05, 0.1) is 18.6 Å². The molecule has 0 aromatic heterocycles. The van der Waals surface area contributed by atoms with Gasteiger partial charge in [0.25, 0.3) is 5.91 Å². The number of anilines is 1. The fourth-order valence-corrected chi connectivity index (χ4v) is 7.51. The Hall–Kier alpha value is -3.36. The predicted octanol–water partition coefficient (Wildman–Crippen LogP) is 3.43. The van der Waals surface area contributed by atoms with Crippen molar-refractivity contribution in [2.24, 2.45) is 5.92 Å². The zero-order valence-electron chi connectivity index (χ0n) is 28.7. The normalized spacial score (nSPS) is 16.0. The fraction of sp³-hybridized carbons (Fsp3) is 0.576. The van der Waals surface area contributed by atoms with Gasteiger partial charge in [-0.3, -0.25) is 4.79 Å². The van der Waals surface area contributed by atoms with Gasteiger partial charge in [-0.2, -0.15) is 12.7 Å². The standard InChI is InChI=1S/C33H51N5O7S2/c1-8-10-24(3)30(29-14-12-27(23-31(29)37(6)9-2)32(39)35-47(43,44)36(4)5)22-25-11-13-28(45-7)21-26(25)15-16-34-33(40)38-17-19-46(41,42)20-18-38/h11-14,21,23-24,30H,8-10,15-20,22H2,1-7H3,(H,34,40)(H,35,39). The predicted molar refractivity (Wildman–Crippen MR) is 186 cm³/mol. The minimum atomic E-state index is -3.95. The van der Waals surface area contributed by atoms with E-state index >= 15 is 0 Å². The number of benzene rings is 2. The number of ether oxygens (including phenoxy) is 1. The number of nitrogens with one attached hydrogen (secondary N) is 2. The number of urea groups is 1. The monoisotopic (exact) mass is 693 g/mol. The number of sulfone groups is 1. The molecule has 1 heterocycles. The highest BCUT2D eigenvalue weighted by Gasteiger charge is 2.27. The number of hydrogen-bond acceptors (Lipinski definition) is 8. The molecule has 1 saturated heterocycles. The molecule has 3 amide bonds. The number of methoxy groups -OCH3 is 1. The molecule has 0 spiro atoms. The van der Waals surface area contributed by atoms with Crippen LogP contribution in [0, 0.1) is 5.92 Å². The summed E-state index contributed by atoms with van der Waals surface area (Å²) in [6.45, 7) is 7.85. The number of nitrogens with zero attached hydrogens (tertiary/aromatic N) is 3. The summed E-state index contributed by atoms with van der Waals surface area (Å²) in [6, 6.07) is 11.1. The van der Waals surface area contributed by atoms with E-state index in [1.807, 2.05) is 32.2 Å². The molecule has 2 unspecified atom stereocenters. The zero-order valence-corrected chi connectivity index (χ0v) is 30.3. The molecule has 14 heteroatoms. The van der Waals surface area contributed by atoms with E-state index in [2.05, 4.69) is 34.9 Å². The van der Waals surface area contributed by atoms with E-state index < -0.39 is 26.0 Å². The van der Waals surface area contributed by atoms with Gasteiger partial charge in [-0.05, 0) is 72.6 Å². The lowest BCUT2D eigenvalue weighted by molar-refractivity contribution is 0.0979. The van der Waals surface area contributed by atoms with E-state index in [0.29, 0.717) is 31.7 Å². The summed E-state index contributed by atoms with van der Waals surface area (Å²) >= 11 is 0. The van der Waals surface area contributed by atoms with Crippen molar-refractivity contribution < 1.29 is 31.2 Å². The molecule has 0 radical (unpaired) electrons. The van der Waals surface area contributed by atoms with Crippen LogP contribution in [0.1, 0.15) is 66.6 Å². The minimum Gasteiger partial charge on any atom is -0.497 e. The molecule has 12 nitrogen and oxygen atoms in total. The lowest BCUT2D eigenvalue weighted by Crippen LogP contribution is -2.48. The molecule has 0 bridgehead atoms. The summed E-state index contributed by atoms with van der Waals surface area (Å²) in [6.07, 6.45) is 3.24. The maximum Gasteiger partial charge on any atom is 0.317 e. The van der Waals surface area contributed by atoms with E-state index in [1.54, 1.807) is 24.1 Å². The second-order valence-electron chi connectivity index (χ2n) is 12.3. The fourth-order valence-electron chi connectivity index (χ4n) is 5.77. The van der Waals surface area contributed by atoms with E-state index in [9.17, 15) is 26.4 Å². The molecule has 0 aliphatic carbocycles. The van der Waals surface area contributed by atoms with Gasteiger partial charge in [0, 0.05) is 58.6 Å². The summed E-state index contributed by atoms with van der Waals surface area (Å²) in [5.74, 6) is 0.326. The Bertz CT molecular complexity index is 1600. The Morgan fingerprint density at radius 2 is 1.70 bits per heavy atom. The van der Waals surface area contributed by atoms with Crippen molar-refractivity contribution in [3.63, 3.8) is 0 Å². The second-order valence-corrected chi connectivity index (χ2v) is 16.5. The first-order chi connectivity index (χ1) is 22.1. The number of amides is 3. The third-order valence-corrected chi connectivity index (χ3v) is 11.9. The van der Waals surface area contributed by atoms with Crippen LogP contribution >= 0.6 is 0 Å². The van der Waals surface area contributed by atoms with E-state index in [4.69, 9.17) is 4.74 Å². The number of hydrogen-bond donors (Lipinski definition) is 2. The van der Waals surface area contributed by atoms with Crippen LogP contribution in [0.3, 0.4) is 0 Å². The Kier molecular flexibility index (Phi) is 13.5. The summed E-state index contributed by atoms with van der Waals surface area (Å²) in [4.78, 5) is 29.4. The molecule has 2 atom stereocenters. The van der Waals surface area contributed by atoms with Gasteiger partial charge in [-0.25, -0.2) is 17.9 Å². The maximum atomic E-state index is 13.0. The van der Waals surface area contributed by atoms with Crippen LogP contribution in [0.2, 0.25) is 0 Å². The largest absolute Gasteiger partial charge is 0.497 e. The lowest BCUT2D eigenvalue weighted by atomic mass is 9.78. The van der Waals surface area contributed by atoms with Gasteiger partial charge in [-0.1, -0.05) is 38.8 Å². The highest BCUT2D eigenvalue weighted by molar-refractivity contribution is 7.91. The highest BCUT2D eigenvalue weighted by atomic mass is 32.2. The van der Waals surface area contributed by atoms with E-state index in [-0.39, 0.29) is 48.0 Å². The number of carbonyl (C=O) groups is 2. The van der Waals surface area contributed by atoms with Crippen LogP contribution in [0.5, 0.6) is 5.75 Å². The summed E-state index contributed by atoms with van der Waals surface area (Å²) in [5, 5.41) is 2.95. The van der Waals surface area contributed by atoms with E-state index in [0.717, 1.165) is 39.5 Å². The van der Waals surface area contributed by atoms with Crippen LogP contribution in [0.4, 0.5) is 10.5 Å². The third-order valence-electron chi connectivity index (χ3n) is 8.87. The third kappa shape index (κ3) is 10.3. The summed E-state index contributed by atoms with van der Waals surface area (Å²) < 4.78 is 56.9. The van der Waals surface area contributed by atoms with Crippen molar-refractivity contribution in [2.45, 2.75) is 52.4 Å². The first-order valence-corrected chi connectivity index (χ1v) is 19.4. The maximum absolute atomic E-state index is 13.0. The van der Waals surface area contributed by atoms with E-state index in [1.165, 1.54) is 14.1 Å². The van der Waals surface area contributed by atoms with Crippen molar-refractivity contribution in [3.8, 4) is 5.75 Å². The van der Waals surface area contributed by atoms with Crippen molar-refractivity contribution in [1.29, 1.82) is 0 Å². The molecule has 262 valence electrons. The Labute approximate surface area is 280 Å². The first kappa shape index (κ1) is 38.1. The smallest absolute Gasteiger partial charge is 0.317 e. The SMILES string of the molecule is CCCC(C)C(Cc1ccc(OC)cc1CCNC(=O)N1CCS(=O)(=O)CC1)c1ccc(C(=O)NS(=O)(=O)N(C)C)cc1N(C)CC. The van der Waals surface area contributed by atoms with Gasteiger partial charge in [0.2, 0.25) is 0 Å². The van der Waals surface area contributed by atoms with Crippen molar-refractivity contribution in [2.75, 3.05) is 70.8 Å². The van der Waals surface area contributed by atoms with Gasteiger partial charge in [0.15, 0.2) is 9.84 Å². The number of carbonyl (C=O) groups excluding carboxylic acids is 2. The second kappa shape index (κ2) is 16.6. The number of rotatable bonds is 15. The summed E-state index contributed by atoms with van der Waals surface area (Å²) in [7, 11) is -0.741. The van der Waals surface area contributed by atoms with Crippen molar-refractivity contribution in [1.82, 2.24) is 19.2 Å². The Balaban J connectivity index is 1.92. The molecular weight excluding hydrogens is 643 g/mol. The highest BCUT2D eigenvalue weighted by Crippen LogP contribution is 2.38. The molecule has 1 aliphatic rings. The molecule has 2 N–H and O–H groups in total. The van der Waals surface area contributed by atoms with Gasteiger partial charge in [-0.15, -0.1) is 0 Å². The molecule has 3 rings (SSSR count). The van der Waals surface area contributed by atoms with Crippen molar-refractivity contribution in [3.05, 3.63) is 58.7 Å². The summed E-state index contributed by atoms with van der Waals surface area (Å²) in [5.41, 5.74) is 4.33. The van der Waals surface area contributed by atoms with Crippen LogP contribution in [0.15, 0.2) is 36.4 Å². The Morgan fingerprint density at radius 3 is 2.30 bits per heavy atom. The molecule has 0 saturated carbocycles.